The molecule has 1 heterocycles. The van der Waals surface area contributed by atoms with Gasteiger partial charge < -0.3 is 9.64 Å². The maximum Gasteiger partial charge on any atom is 0.270 e. The van der Waals surface area contributed by atoms with Gasteiger partial charge in [-0.15, -0.1) is 0 Å². The number of ether oxygens (including phenoxy) is 1. The molecular weight excluding hydrogens is 340 g/mol. The third-order valence-electron chi connectivity index (χ3n) is 3.70. The number of likely N-dealkylation sites (tertiary alicyclic amines) is 1. The zero-order valence-corrected chi connectivity index (χ0v) is 13.3. The van der Waals surface area contributed by atoms with Gasteiger partial charge in [0, 0.05) is 43.4 Å². The SMILES string of the molecule is COCC1CCN(C(=O)c2cc([N+](=O)[O-])ccc2Br)CC1. The Morgan fingerprint density at radius 3 is 2.71 bits per heavy atom. The summed E-state index contributed by atoms with van der Waals surface area (Å²) in [5.74, 6) is 0.314. The second-order valence-corrected chi connectivity index (χ2v) is 5.97. The molecule has 0 radical (unpaired) electrons. The van der Waals surface area contributed by atoms with E-state index in [1.165, 1.54) is 12.1 Å². The fraction of sp³-hybridized carbons (Fsp3) is 0.500. The highest BCUT2D eigenvalue weighted by atomic mass is 79.9. The number of nitrogens with zero attached hydrogens (tertiary/aromatic N) is 2. The number of nitro benzene ring substituents is 1. The van der Waals surface area contributed by atoms with E-state index in [4.69, 9.17) is 4.74 Å². The molecule has 0 spiro atoms. The number of rotatable bonds is 4. The molecule has 7 heteroatoms. The Morgan fingerprint density at radius 1 is 1.48 bits per heavy atom. The minimum absolute atomic E-state index is 0.0733. The van der Waals surface area contributed by atoms with Crippen molar-refractivity contribution in [3.05, 3.63) is 38.3 Å². The molecule has 1 aliphatic heterocycles. The number of hydrogen-bond acceptors (Lipinski definition) is 4. The van der Waals surface area contributed by atoms with Crippen LogP contribution in [0.15, 0.2) is 22.7 Å². The van der Waals surface area contributed by atoms with E-state index in [-0.39, 0.29) is 11.6 Å². The first kappa shape index (κ1) is 15.9. The summed E-state index contributed by atoms with van der Waals surface area (Å²) >= 11 is 3.29. The molecule has 0 N–H and O–H groups in total. The maximum absolute atomic E-state index is 12.5. The van der Waals surface area contributed by atoms with Crippen molar-refractivity contribution in [2.24, 2.45) is 5.92 Å². The fourth-order valence-electron chi connectivity index (χ4n) is 2.50. The maximum atomic E-state index is 12.5. The van der Waals surface area contributed by atoms with E-state index in [1.54, 1.807) is 18.1 Å². The molecular formula is C14H17BrN2O4. The van der Waals surface area contributed by atoms with Gasteiger partial charge in [0.15, 0.2) is 0 Å². The third-order valence-corrected chi connectivity index (χ3v) is 4.39. The summed E-state index contributed by atoms with van der Waals surface area (Å²) in [7, 11) is 1.68. The van der Waals surface area contributed by atoms with Gasteiger partial charge in [-0.1, -0.05) is 0 Å². The topological polar surface area (TPSA) is 72.7 Å². The number of methoxy groups -OCH3 is 1. The third kappa shape index (κ3) is 3.79. The van der Waals surface area contributed by atoms with E-state index in [1.807, 2.05) is 0 Å². The van der Waals surface area contributed by atoms with Crippen LogP contribution in [-0.2, 0) is 4.74 Å². The van der Waals surface area contributed by atoms with E-state index in [2.05, 4.69) is 15.9 Å². The van der Waals surface area contributed by atoms with E-state index >= 15 is 0 Å². The Hall–Kier alpha value is -1.47. The first-order valence-corrected chi connectivity index (χ1v) is 7.54. The van der Waals surface area contributed by atoms with E-state index in [0.29, 0.717) is 35.7 Å². The lowest BCUT2D eigenvalue weighted by Crippen LogP contribution is -2.39. The second kappa shape index (κ2) is 7.00. The molecule has 1 aromatic carbocycles. The molecule has 1 fully saturated rings. The Bertz CT molecular complexity index is 542. The van der Waals surface area contributed by atoms with Crippen LogP contribution in [0.4, 0.5) is 5.69 Å². The predicted octanol–water partition coefficient (Wildman–Crippen LogP) is 2.86. The van der Waals surface area contributed by atoms with Crippen LogP contribution in [0.3, 0.4) is 0 Å². The van der Waals surface area contributed by atoms with Crippen molar-refractivity contribution >= 4 is 27.5 Å². The van der Waals surface area contributed by atoms with Gasteiger partial charge in [0.2, 0.25) is 0 Å². The van der Waals surface area contributed by atoms with Gasteiger partial charge in [0.25, 0.3) is 11.6 Å². The molecule has 1 aliphatic rings. The fourth-order valence-corrected chi connectivity index (χ4v) is 2.92. The number of amides is 1. The van der Waals surface area contributed by atoms with Gasteiger partial charge in [-0.25, -0.2) is 0 Å². The van der Waals surface area contributed by atoms with Gasteiger partial charge in [-0.2, -0.15) is 0 Å². The smallest absolute Gasteiger partial charge is 0.270 e. The number of nitro groups is 1. The van der Waals surface area contributed by atoms with Crippen molar-refractivity contribution in [1.29, 1.82) is 0 Å². The molecule has 1 saturated heterocycles. The molecule has 1 aromatic rings. The highest BCUT2D eigenvalue weighted by Crippen LogP contribution is 2.26. The first-order chi connectivity index (χ1) is 10.0. The molecule has 0 saturated carbocycles. The van der Waals surface area contributed by atoms with Crippen molar-refractivity contribution in [1.82, 2.24) is 4.90 Å². The Balaban J connectivity index is 2.10. The van der Waals surface area contributed by atoms with Crippen LogP contribution < -0.4 is 0 Å². The molecule has 1 amide bonds. The summed E-state index contributed by atoms with van der Waals surface area (Å²) in [6, 6.07) is 4.25. The lowest BCUT2D eigenvalue weighted by molar-refractivity contribution is -0.384. The Labute approximate surface area is 131 Å². The molecule has 0 bridgehead atoms. The molecule has 6 nitrogen and oxygen atoms in total. The van der Waals surface area contributed by atoms with Gasteiger partial charge in [-0.3, -0.25) is 14.9 Å². The van der Waals surface area contributed by atoms with Crippen LogP contribution in [0.5, 0.6) is 0 Å². The minimum Gasteiger partial charge on any atom is -0.384 e. The molecule has 0 atom stereocenters. The number of piperidine rings is 1. The Morgan fingerprint density at radius 2 is 2.14 bits per heavy atom. The van der Waals surface area contributed by atoms with Crippen molar-refractivity contribution in [3.63, 3.8) is 0 Å². The summed E-state index contributed by atoms with van der Waals surface area (Å²) in [5, 5.41) is 10.8. The summed E-state index contributed by atoms with van der Waals surface area (Å²) in [5.41, 5.74) is 0.269. The number of halogens is 1. The number of benzene rings is 1. The molecule has 0 aromatic heterocycles. The van der Waals surface area contributed by atoms with Crippen LogP contribution in [0.2, 0.25) is 0 Å². The van der Waals surface area contributed by atoms with Gasteiger partial charge >= 0.3 is 0 Å². The van der Waals surface area contributed by atoms with E-state index in [9.17, 15) is 14.9 Å². The van der Waals surface area contributed by atoms with Crippen LogP contribution in [0.25, 0.3) is 0 Å². The van der Waals surface area contributed by atoms with Crippen LogP contribution in [0, 0.1) is 16.0 Å². The van der Waals surface area contributed by atoms with Gasteiger partial charge in [0.05, 0.1) is 10.5 Å². The zero-order valence-electron chi connectivity index (χ0n) is 11.8. The molecule has 114 valence electrons. The predicted molar refractivity (Wildman–Crippen MR) is 81.3 cm³/mol. The normalized spacial score (nSPS) is 16.0. The summed E-state index contributed by atoms with van der Waals surface area (Å²) < 4.78 is 5.72. The Kier molecular flexibility index (Phi) is 5.30. The first-order valence-electron chi connectivity index (χ1n) is 6.75. The van der Waals surface area contributed by atoms with Crippen molar-refractivity contribution in [2.75, 3.05) is 26.8 Å². The van der Waals surface area contributed by atoms with Gasteiger partial charge in [-0.05, 0) is 40.8 Å². The second-order valence-electron chi connectivity index (χ2n) is 5.11. The van der Waals surface area contributed by atoms with Crippen LogP contribution in [-0.4, -0.2) is 42.5 Å². The highest BCUT2D eigenvalue weighted by Gasteiger charge is 2.25. The average Bonchev–Trinajstić information content (AvgIpc) is 2.48. The zero-order chi connectivity index (χ0) is 15.4. The molecule has 0 unspecified atom stereocenters. The lowest BCUT2D eigenvalue weighted by Gasteiger charge is -2.31. The number of carbonyl (C=O) groups excluding carboxylic acids is 1. The molecule has 2 rings (SSSR count). The molecule has 0 aliphatic carbocycles. The van der Waals surface area contributed by atoms with E-state index < -0.39 is 4.92 Å². The van der Waals surface area contributed by atoms with Crippen molar-refractivity contribution in [3.8, 4) is 0 Å². The average molecular weight is 357 g/mol. The monoisotopic (exact) mass is 356 g/mol. The number of non-ortho nitro benzene ring substituents is 1. The number of hydrogen-bond donors (Lipinski definition) is 0. The number of carbonyl (C=O) groups is 1. The van der Waals surface area contributed by atoms with Crippen LogP contribution >= 0.6 is 15.9 Å². The van der Waals surface area contributed by atoms with Crippen LogP contribution in [0.1, 0.15) is 23.2 Å². The van der Waals surface area contributed by atoms with Crippen molar-refractivity contribution in [2.45, 2.75) is 12.8 Å². The quantitative estimate of drug-likeness (QED) is 0.614. The van der Waals surface area contributed by atoms with Gasteiger partial charge in [0.1, 0.15) is 0 Å². The summed E-state index contributed by atoms with van der Waals surface area (Å²) in [6.07, 6.45) is 1.79. The summed E-state index contributed by atoms with van der Waals surface area (Å²) in [4.78, 5) is 24.6. The standard InChI is InChI=1S/C14H17BrN2O4/c1-21-9-10-4-6-16(7-5-10)14(18)12-8-11(17(19)20)2-3-13(12)15/h2-3,8,10H,4-7,9H2,1H3. The summed E-state index contributed by atoms with van der Waals surface area (Å²) in [6.45, 7) is 2.02. The van der Waals surface area contributed by atoms with Crippen molar-refractivity contribution < 1.29 is 14.5 Å². The lowest BCUT2D eigenvalue weighted by atomic mass is 9.97. The largest absolute Gasteiger partial charge is 0.384 e. The highest BCUT2D eigenvalue weighted by molar-refractivity contribution is 9.10. The molecule has 21 heavy (non-hydrogen) atoms. The van der Waals surface area contributed by atoms with E-state index in [0.717, 1.165) is 12.8 Å². The minimum atomic E-state index is -0.492.